The molecule has 1 aromatic rings. The smallest absolute Gasteiger partial charge is 0.0273 e. The summed E-state index contributed by atoms with van der Waals surface area (Å²) < 4.78 is 0. The number of hydrogen-bond acceptors (Lipinski definition) is 1. The average molecular weight is 217 g/mol. The van der Waals surface area contributed by atoms with Gasteiger partial charge < -0.3 is 0 Å². The van der Waals surface area contributed by atoms with Crippen molar-refractivity contribution in [3.63, 3.8) is 0 Å². The van der Waals surface area contributed by atoms with Gasteiger partial charge in [-0.2, -0.15) is 0 Å². The molecule has 0 N–H and O–H groups in total. The first kappa shape index (κ1) is 13.0. The van der Waals surface area contributed by atoms with Crippen LogP contribution in [0.25, 0.3) is 6.08 Å². The molecule has 1 rings (SSSR count). The molecule has 0 radical (unpaired) electrons. The third-order valence-corrected chi connectivity index (χ3v) is 2.74. The number of unbranched alkanes of at least 4 members (excludes halogenated alkanes) is 6. The minimum atomic E-state index is 1.20. The van der Waals surface area contributed by atoms with E-state index in [1.54, 1.807) is 0 Å². The molecule has 0 saturated heterocycles. The van der Waals surface area contributed by atoms with Crippen molar-refractivity contribution < 1.29 is 0 Å². The molecular formula is C15H23N. The Balaban J connectivity index is 2.01. The van der Waals surface area contributed by atoms with Gasteiger partial charge in [0.15, 0.2) is 0 Å². The first-order valence-electron chi connectivity index (χ1n) is 6.50. The van der Waals surface area contributed by atoms with E-state index < -0.39 is 0 Å². The fourth-order valence-electron chi connectivity index (χ4n) is 1.74. The van der Waals surface area contributed by atoms with E-state index in [0.29, 0.717) is 0 Å². The van der Waals surface area contributed by atoms with Crippen LogP contribution in [0.1, 0.15) is 57.4 Å². The third-order valence-electron chi connectivity index (χ3n) is 2.74. The second-order valence-electron chi connectivity index (χ2n) is 4.24. The van der Waals surface area contributed by atoms with Gasteiger partial charge in [0.2, 0.25) is 0 Å². The number of rotatable bonds is 8. The number of hydrogen-bond donors (Lipinski definition) is 0. The quantitative estimate of drug-likeness (QED) is 0.567. The highest BCUT2D eigenvalue weighted by molar-refractivity contribution is 5.47. The molecule has 0 spiro atoms. The van der Waals surface area contributed by atoms with Crippen LogP contribution >= 0.6 is 0 Å². The van der Waals surface area contributed by atoms with Gasteiger partial charge in [-0.1, -0.05) is 51.2 Å². The monoisotopic (exact) mass is 217 g/mol. The van der Waals surface area contributed by atoms with Gasteiger partial charge in [0.25, 0.3) is 0 Å². The van der Waals surface area contributed by atoms with Crippen LogP contribution in [0.15, 0.2) is 30.6 Å². The normalized spacial score (nSPS) is 11.1. The van der Waals surface area contributed by atoms with Gasteiger partial charge in [0.05, 0.1) is 0 Å². The van der Waals surface area contributed by atoms with Crippen molar-refractivity contribution >= 4 is 6.08 Å². The van der Waals surface area contributed by atoms with E-state index in [9.17, 15) is 0 Å². The van der Waals surface area contributed by atoms with Crippen LogP contribution in [-0.4, -0.2) is 4.98 Å². The molecule has 1 heteroatoms. The van der Waals surface area contributed by atoms with Gasteiger partial charge in [0, 0.05) is 12.4 Å². The summed E-state index contributed by atoms with van der Waals surface area (Å²) in [5.41, 5.74) is 1.25. The fraction of sp³-hybridized carbons (Fsp3) is 0.533. The Morgan fingerprint density at radius 1 is 1.00 bits per heavy atom. The Kier molecular flexibility index (Phi) is 7.40. The van der Waals surface area contributed by atoms with Gasteiger partial charge in [-0.05, 0) is 30.5 Å². The minimum absolute atomic E-state index is 1.20. The van der Waals surface area contributed by atoms with Crippen LogP contribution in [0.4, 0.5) is 0 Å². The topological polar surface area (TPSA) is 12.9 Å². The molecule has 0 saturated carbocycles. The fourth-order valence-corrected chi connectivity index (χ4v) is 1.74. The molecule has 1 nitrogen and oxygen atoms in total. The van der Waals surface area contributed by atoms with E-state index >= 15 is 0 Å². The van der Waals surface area contributed by atoms with Crippen LogP contribution in [0.2, 0.25) is 0 Å². The Hall–Kier alpha value is -1.11. The van der Waals surface area contributed by atoms with Crippen LogP contribution in [0.3, 0.4) is 0 Å². The molecule has 1 aromatic heterocycles. The summed E-state index contributed by atoms with van der Waals surface area (Å²) in [7, 11) is 0. The summed E-state index contributed by atoms with van der Waals surface area (Å²) in [4.78, 5) is 4.00. The van der Waals surface area contributed by atoms with Crippen molar-refractivity contribution in [1.29, 1.82) is 0 Å². The Morgan fingerprint density at radius 3 is 2.44 bits per heavy atom. The van der Waals surface area contributed by atoms with Gasteiger partial charge in [-0.25, -0.2) is 0 Å². The number of pyridine rings is 1. The van der Waals surface area contributed by atoms with Crippen molar-refractivity contribution in [2.24, 2.45) is 0 Å². The Morgan fingerprint density at radius 2 is 1.69 bits per heavy atom. The molecule has 0 aliphatic heterocycles. The SMILES string of the molecule is CCCCCCCCC=Cc1ccncc1. The first-order valence-corrected chi connectivity index (χ1v) is 6.50. The summed E-state index contributed by atoms with van der Waals surface area (Å²) in [6.45, 7) is 2.26. The van der Waals surface area contributed by atoms with E-state index in [4.69, 9.17) is 0 Å². The molecule has 88 valence electrons. The van der Waals surface area contributed by atoms with E-state index in [1.165, 1.54) is 50.5 Å². The van der Waals surface area contributed by atoms with Crippen LogP contribution < -0.4 is 0 Å². The summed E-state index contributed by atoms with van der Waals surface area (Å²) >= 11 is 0. The van der Waals surface area contributed by atoms with Crippen molar-refractivity contribution in [1.82, 2.24) is 4.98 Å². The molecule has 0 unspecified atom stereocenters. The maximum atomic E-state index is 4.00. The third kappa shape index (κ3) is 6.39. The molecule has 0 aliphatic rings. The van der Waals surface area contributed by atoms with Gasteiger partial charge in [0.1, 0.15) is 0 Å². The predicted octanol–water partition coefficient (Wildman–Crippen LogP) is 4.85. The Labute approximate surface area is 99.6 Å². The minimum Gasteiger partial charge on any atom is -0.265 e. The lowest BCUT2D eigenvalue weighted by Crippen LogP contribution is -1.78. The standard InChI is InChI=1S/C15H23N/c1-2-3-4-5-6-7-8-9-10-15-11-13-16-14-12-15/h9-14H,2-8H2,1H3. The van der Waals surface area contributed by atoms with Crippen LogP contribution in [-0.2, 0) is 0 Å². The maximum absolute atomic E-state index is 4.00. The highest BCUT2D eigenvalue weighted by atomic mass is 14.6. The first-order chi connectivity index (χ1) is 7.93. The molecule has 0 amide bonds. The lowest BCUT2D eigenvalue weighted by atomic mass is 10.1. The Bertz CT molecular complexity index is 277. The molecule has 0 fully saturated rings. The molecular weight excluding hydrogens is 194 g/mol. The van der Waals surface area contributed by atoms with Crippen molar-refractivity contribution in [2.45, 2.75) is 51.9 Å². The predicted molar refractivity (Wildman–Crippen MR) is 71.3 cm³/mol. The highest BCUT2D eigenvalue weighted by Crippen LogP contribution is 2.08. The van der Waals surface area contributed by atoms with E-state index in [0.717, 1.165) is 0 Å². The summed E-state index contributed by atoms with van der Waals surface area (Å²) in [6.07, 6.45) is 17.6. The summed E-state index contributed by atoms with van der Waals surface area (Å²) in [6, 6.07) is 4.08. The summed E-state index contributed by atoms with van der Waals surface area (Å²) in [5.74, 6) is 0. The van der Waals surface area contributed by atoms with Crippen LogP contribution in [0, 0.1) is 0 Å². The lowest BCUT2D eigenvalue weighted by Gasteiger charge is -1.97. The number of allylic oxidation sites excluding steroid dienone is 1. The van der Waals surface area contributed by atoms with Crippen molar-refractivity contribution in [3.05, 3.63) is 36.2 Å². The van der Waals surface area contributed by atoms with Gasteiger partial charge >= 0.3 is 0 Å². The largest absolute Gasteiger partial charge is 0.265 e. The van der Waals surface area contributed by atoms with E-state index in [2.05, 4.69) is 24.1 Å². The molecule has 1 heterocycles. The molecule has 0 aromatic carbocycles. The van der Waals surface area contributed by atoms with E-state index in [1.807, 2.05) is 24.5 Å². The average Bonchev–Trinajstić information content (AvgIpc) is 2.34. The van der Waals surface area contributed by atoms with Gasteiger partial charge in [-0.15, -0.1) is 0 Å². The van der Waals surface area contributed by atoms with Crippen molar-refractivity contribution in [3.8, 4) is 0 Å². The van der Waals surface area contributed by atoms with Crippen molar-refractivity contribution in [2.75, 3.05) is 0 Å². The summed E-state index contributed by atoms with van der Waals surface area (Å²) in [5, 5.41) is 0. The molecule has 0 atom stereocenters. The molecule has 0 aliphatic carbocycles. The van der Waals surface area contributed by atoms with Gasteiger partial charge in [-0.3, -0.25) is 4.98 Å². The highest BCUT2D eigenvalue weighted by Gasteiger charge is 1.88. The zero-order valence-electron chi connectivity index (χ0n) is 10.4. The number of nitrogens with zero attached hydrogens (tertiary/aromatic N) is 1. The number of aromatic nitrogens is 1. The molecule has 16 heavy (non-hydrogen) atoms. The lowest BCUT2D eigenvalue weighted by molar-refractivity contribution is 0.611. The van der Waals surface area contributed by atoms with E-state index in [-0.39, 0.29) is 0 Å². The zero-order valence-corrected chi connectivity index (χ0v) is 10.4. The second kappa shape index (κ2) is 9.14. The molecule has 0 bridgehead atoms. The zero-order chi connectivity index (χ0) is 11.5. The van der Waals surface area contributed by atoms with Crippen LogP contribution in [0.5, 0.6) is 0 Å². The maximum Gasteiger partial charge on any atom is 0.0273 e. The second-order valence-corrected chi connectivity index (χ2v) is 4.24.